The predicted molar refractivity (Wildman–Crippen MR) is 89.2 cm³/mol. The predicted octanol–water partition coefficient (Wildman–Crippen LogP) is 3.15. The number of carbonyl (C=O) groups is 2. The number of hydrogen-bond acceptors (Lipinski definition) is 4. The third kappa shape index (κ3) is 3.52. The first-order valence-corrected chi connectivity index (χ1v) is 9.09. The Labute approximate surface area is 141 Å². The quantitative estimate of drug-likeness (QED) is 0.922. The molecule has 0 aromatic carbocycles. The molecule has 0 saturated carbocycles. The SMILES string of the molecule is CC(C)(C)OC(=O)N1[C@H]2CC[C@H]1[C@@H](C(=O)NCc1ccsc1)C2. The highest BCUT2D eigenvalue weighted by molar-refractivity contribution is 7.07. The van der Waals surface area contributed by atoms with E-state index in [4.69, 9.17) is 4.74 Å². The topological polar surface area (TPSA) is 58.6 Å². The van der Waals surface area contributed by atoms with Crippen molar-refractivity contribution in [1.82, 2.24) is 10.2 Å². The van der Waals surface area contributed by atoms with Crippen molar-refractivity contribution in [3.63, 3.8) is 0 Å². The maximum Gasteiger partial charge on any atom is 0.410 e. The number of thiophene rings is 1. The molecule has 0 radical (unpaired) electrons. The van der Waals surface area contributed by atoms with Gasteiger partial charge in [-0.3, -0.25) is 4.79 Å². The van der Waals surface area contributed by atoms with Gasteiger partial charge < -0.3 is 15.0 Å². The van der Waals surface area contributed by atoms with Gasteiger partial charge in [-0.05, 0) is 62.4 Å². The first-order valence-electron chi connectivity index (χ1n) is 8.15. The molecule has 0 aliphatic carbocycles. The van der Waals surface area contributed by atoms with E-state index >= 15 is 0 Å². The molecule has 126 valence electrons. The molecule has 6 heteroatoms. The summed E-state index contributed by atoms with van der Waals surface area (Å²) in [5.41, 5.74) is 0.617. The van der Waals surface area contributed by atoms with Crippen LogP contribution in [0.25, 0.3) is 0 Å². The van der Waals surface area contributed by atoms with E-state index in [1.165, 1.54) is 0 Å². The summed E-state index contributed by atoms with van der Waals surface area (Å²) in [6.45, 7) is 6.17. The van der Waals surface area contributed by atoms with E-state index in [1.54, 1.807) is 16.2 Å². The van der Waals surface area contributed by atoms with Crippen LogP contribution in [0.5, 0.6) is 0 Å². The molecule has 1 N–H and O–H groups in total. The van der Waals surface area contributed by atoms with Gasteiger partial charge in [0.05, 0.1) is 5.92 Å². The summed E-state index contributed by atoms with van der Waals surface area (Å²) in [4.78, 5) is 26.7. The van der Waals surface area contributed by atoms with Gasteiger partial charge >= 0.3 is 6.09 Å². The standard InChI is InChI=1S/C17H24N2O3S/c1-17(2,3)22-16(21)19-12-4-5-14(19)13(8-12)15(20)18-9-11-6-7-23-10-11/h6-7,10,12-14H,4-5,8-9H2,1-3H3,(H,18,20)/t12-,13-,14-/m0/s1. The average molecular weight is 336 g/mol. The van der Waals surface area contributed by atoms with Gasteiger partial charge in [0.15, 0.2) is 0 Å². The van der Waals surface area contributed by atoms with E-state index in [0.717, 1.165) is 24.8 Å². The summed E-state index contributed by atoms with van der Waals surface area (Å²) < 4.78 is 5.51. The second kappa shape index (κ2) is 6.15. The second-order valence-corrected chi connectivity index (χ2v) is 8.16. The van der Waals surface area contributed by atoms with Gasteiger partial charge in [-0.25, -0.2) is 4.79 Å². The van der Waals surface area contributed by atoms with Crippen molar-refractivity contribution in [2.24, 2.45) is 5.92 Å². The number of nitrogens with one attached hydrogen (secondary N) is 1. The fourth-order valence-corrected chi connectivity index (χ4v) is 4.25. The number of fused-ring (bicyclic) bond motifs is 2. The Morgan fingerprint density at radius 2 is 2.17 bits per heavy atom. The normalized spacial score (nSPS) is 26.4. The molecule has 2 fully saturated rings. The van der Waals surface area contributed by atoms with Crippen LogP contribution in [0, 0.1) is 5.92 Å². The van der Waals surface area contributed by atoms with Crippen LogP contribution in [-0.2, 0) is 16.1 Å². The lowest BCUT2D eigenvalue weighted by molar-refractivity contribution is -0.126. The second-order valence-electron chi connectivity index (χ2n) is 7.38. The number of amides is 2. The Morgan fingerprint density at radius 3 is 2.83 bits per heavy atom. The summed E-state index contributed by atoms with van der Waals surface area (Å²) in [7, 11) is 0. The van der Waals surface area contributed by atoms with Crippen molar-refractivity contribution in [3.05, 3.63) is 22.4 Å². The molecule has 1 aromatic heterocycles. The number of rotatable bonds is 3. The molecule has 3 atom stereocenters. The minimum atomic E-state index is -0.504. The molecule has 3 heterocycles. The average Bonchev–Trinajstić information content (AvgIpc) is 3.17. The van der Waals surface area contributed by atoms with Crippen LogP contribution in [0.15, 0.2) is 16.8 Å². The van der Waals surface area contributed by atoms with Gasteiger partial charge in [-0.15, -0.1) is 0 Å². The van der Waals surface area contributed by atoms with Gasteiger partial charge in [0.2, 0.25) is 5.91 Å². The van der Waals surface area contributed by atoms with Crippen LogP contribution in [-0.4, -0.2) is 34.6 Å². The minimum absolute atomic E-state index is 0.0164. The molecule has 23 heavy (non-hydrogen) atoms. The third-order valence-electron chi connectivity index (χ3n) is 4.52. The summed E-state index contributed by atoms with van der Waals surface area (Å²) in [6, 6.07) is 2.14. The van der Waals surface area contributed by atoms with Crippen LogP contribution in [0.4, 0.5) is 4.79 Å². The lowest BCUT2D eigenvalue weighted by Gasteiger charge is -2.28. The zero-order chi connectivity index (χ0) is 16.6. The molecule has 2 aliphatic heterocycles. The van der Waals surface area contributed by atoms with Crippen LogP contribution in [0.3, 0.4) is 0 Å². The Hall–Kier alpha value is -1.56. The van der Waals surface area contributed by atoms with Crippen molar-refractivity contribution in [2.75, 3.05) is 0 Å². The number of hydrogen-bond donors (Lipinski definition) is 1. The maximum atomic E-state index is 12.5. The summed E-state index contributed by atoms with van der Waals surface area (Å²) in [5, 5.41) is 7.05. The molecule has 0 unspecified atom stereocenters. The largest absolute Gasteiger partial charge is 0.444 e. The summed E-state index contributed by atoms with van der Waals surface area (Å²) >= 11 is 1.62. The number of ether oxygens (including phenoxy) is 1. The van der Waals surface area contributed by atoms with E-state index in [9.17, 15) is 9.59 Å². The molecule has 5 nitrogen and oxygen atoms in total. The molecule has 1 aromatic rings. The van der Waals surface area contributed by atoms with Crippen molar-refractivity contribution in [2.45, 2.75) is 64.3 Å². The van der Waals surface area contributed by atoms with Gasteiger partial charge in [0.25, 0.3) is 0 Å². The van der Waals surface area contributed by atoms with Gasteiger partial charge in [-0.2, -0.15) is 11.3 Å². The highest BCUT2D eigenvalue weighted by atomic mass is 32.1. The lowest BCUT2D eigenvalue weighted by Crippen LogP contribution is -2.43. The maximum absolute atomic E-state index is 12.5. The zero-order valence-electron chi connectivity index (χ0n) is 13.9. The monoisotopic (exact) mass is 336 g/mol. The van der Waals surface area contributed by atoms with E-state index in [1.807, 2.05) is 37.6 Å². The van der Waals surface area contributed by atoms with E-state index in [-0.39, 0.29) is 30.0 Å². The fraction of sp³-hybridized carbons (Fsp3) is 0.647. The smallest absolute Gasteiger partial charge is 0.410 e. The Bertz CT molecular complexity index is 579. The highest BCUT2D eigenvalue weighted by Gasteiger charge is 2.52. The van der Waals surface area contributed by atoms with Crippen molar-refractivity contribution < 1.29 is 14.3 Å². The molecular weight excluding hydrogens is 312 g/mol. The zero-order valence-corrected chi connectivity index (χ0v) is 14.7. The summed E-state index contributed by atoms with van der Waals surface area (Å²) in [5.74, 6) is -0.0585. The Morgan fingerprint density at radius 1 is 1.39 bits per heavy atom. The lowest BCUT2D eigenvalue weighted by atomic mass is 9.88. The minimum Gasteiger partial charge on any atom is -0.444 e. The van der Waals surface area contributed by atoms with Gasteiger partial charge in [0, 0.05) is 18.6 Å². The summed E-state index contributed by atoms with van der Waals surface area (Å²) in [6.07, 6.45) is 2.33. The van der Waals surface area contributed by atoms with Crippen molar-refractivity contribution in [1.29, 1.82) is 0 Å². The third-order valence-corrected chi connectivity index (χ3v) is 5.26. The Kier molecular flexibility index (Phi) is 4.36. The number of carbonyl (C=O) groups excluding carboxylic acids is 2. The van der Waals surface area contributed by atoms with Gasteiger partial charge in [0.1, 0.15) is 5.60 Å². The molecule has 2 saturated heterocycles. The van der Waals surface area contributed by atoms with Gasteiger partial charge in [-0.1, -0.05) is 0 Å². The van der Waals surface area contributed by atoms with E-state index in [2.05, 4.69) is 5.32 Å². The van der Waals surface area contributed by atoms with Crippen molar-refractivity contribution in [3.8, 4) is 0 Å². The first-order chi connectivity index (χ1) is 10.8. The van der Waals surface area contributed by atoms with E-state index < -0.39 is 5.60 Å². The number of nitrogens with zero attached hydrogens (tertiary/aromatic N) is 1. The molecule has 0 spiro atoms. The molecule has 2 bridgehead atoms. The van der Waals surface area contributed by atoms with E-state index in [0.29, 0.717) is 6.54 Å². The fourth-order valence-electron chi connectivity index (χ4n) is 3.58. The van der Waals surface area contributed by atoms with Crippen LogP contribution in [0.2, 0.25) is 0 Å². The molecule has 2 aliphatic rings. The molecular formula is C17H24N2O3S. The molecule has 2 amide bonds. The van der Waals surface area contributed by atoms with Crippen LogP contribution in [0.1, 0.15) is 45.6 Å². The van der Waals surface area contributed by atoms with Crippen molar-refractivity contribution >= 4 is 23.3 Å². The molecule has 3 rings (SSSR count). The first kappa shape index (κ1) is 16.3. The van der Waals surface area contributed by atoms with Crippen LogP contribution < -0.4 is 5.32 Å². The van der Waals surface area contributed by atoms with Crippen LogP contribution >= 0.6 is 11.3 Å². The highest BCUT2D eigenvalue weighted by Crippen LogP contribution is 2.42. The Balaban J connectivity index is 1.60.